The topological polar surface area (TPSA) is 55.6 Å². The zero-order chi connectivity index (χ0) is 14.2. The molecule has 5 nitrogen and oxygen atoms in total. The molecule has 1 atom stereocenters. The molecule has 0 saturated carbocycles. The van der Waals surface area contributed by atoms with E-state index in [0.29, 0.717) is 5.92 Å². The summed E-state index contributed by atoms with van der Waals surface area (Å²) in [4.78, 5) is 9.85. The van der Waals surface area contributed by atoms with Gasteiger partial charge in [-0.15, -0.1) is 16.4 Å². The average Bonchev–Trinajstić information content (AvgIpc) is 3.12. The molecule has 0 aromatic carbocycles. The molecule has 0 fully saturated rings. The number of aryl methyl sites for hydroxylation is 1. The Hall–Kier alpha value is -2.21. The van der Waals surface area contributed by atoms with E-state index >= 15 is 0 Å². The molecule has 0 aliphatic carbocycles. The van der Waals surface area contributed by atoms with Gasteiger partial charge in [0.2, 0.25) is 5.95 Å². The summed E-state index contributed by atoms with van der Waals surface area (Å²) in [5.74, 6) is 2.09. The molecule has 3 aromatic heterocycles. The van der Waals surface area contributed by atoms with E-state index in [1.807, 2.05) is 17.1 Å². The van der Waals surface area contributed by atoms with E-state index in [2.05, 4.69) is 50.9 Å². The van der Waals surface area contributed by atoms with Crippen LogP contribution in [0.1, 0.15) is 17.0 Å². The Balaban J connectivity index is 1.65. The monoisotopic (exact) mass is 297 g/mol. The van der Waals surface area contributed by atoms with Gasteiger partial charge in [-0.1, -0.05) is 0 Å². The number of anilines is 1. The van der Waals surface area contributed by atoms with E-state index in [0.717, 1.165) is 29.7 Å². The number of hydrogen-bond donors (Lipinski definition) is 1. The Morgan fingerprint density at radius 2 is 2.14 bits per heavy atom. The Kier molecular flexibility index (Phi) is 2.96. The SMILES string of the molecule is Cc1ccsc1-c1nc2n(n1)CC(c1ccncc1)CN2. The fourth-order valence-corrected chi connectivity index (χ4v) is 3.50. The van der Waals surface area contributed by atoms with Crippen molar-refractivity contribution in [1.29, 1.82) is 0 Å². The van der Waals surface area contributed by atoms with Gasteiger partial charge in [0.25, 0.3) is 0 Å². The molecule has 1 aliphatic heterocycles. The minimum Gasteiger partial charge on any atom is -0.354 e. The van der Waals surface area contributed by atoms with E-state index in [1.54, 1.807) is 11.3 Å². The van der Waals surface area contributed by atoms with Crippen molar-refractivity contribution in [2.75, 3.05) is 11.9 Å². The van der Waals surface area contributed by atoms with Crippen LogP contribution in [0.25, 0.3) is 10.7 Å². The highest BCUT2D eigenvalue weighted by molar-refractivity contribution is 7.13. The number of rotatable bonds is 2. The second-order valence-electron chi connectivity index (χ2n) is 5.23. The molecule has 0 amide bonds. The molecule has 1 aliphatic rings. The third kappa shape index (κ3) is 2.21. The number of fused-ring (bicyclic) bond motifs is 1. The second-order valence-corrected chi connectivity index (χ2v) is 6.15. The van der Waals surface area contributed by atoms with Crippen LogP contribution in [0.5, 0.6) is 0 Å². The number of hydrogen-bond acceptors (Lipinski definition) is 5. The van der Waals surface area contributed by atoms with Crippen LogP contribution in [0, 0.1) is 6.92 Å². The van der Waals surface area contributed by atoms with Crippen LogP contribution in [-0.4, -0.2) is 26.3 Å². The van der Waals surface area contributed by atoms with Gasteiger partial charge in [-0.05, 0) is 41.6 Å². The van der Waals surface area contributed by atoms with Crippen LogP contribution in [0.3, 0.4) is 0 Å². The summed E-state index contributed by atoms with van der Waals surface area (Å²) in [6.45, 7) is 3.83. The van der Waals surface area contributed by atoms with Crippen molar-refractivity contribution in [1.82, 2.24) is 19.7 Å². The van der Waals surface area contributed by atoms with Crippen molar-refractivity contribution in [3.63, 3.8) is 0 Å². The zero-order valence-electron chi connectivity index (χ0n) is 11.7. The molecule has 3 aromatic rings. The lowest BCUT2D eigenvalue weighted by atomic mass is 9.99. The van der Waals surface area contributed by atoms with E-state index < -0.39 is 0 Å². The quantitative estimate of drug-likeness (QED) is 0.790. The van der Waals surface area contributed by atoms with Gasteiger partial charge >= 0.3 is 0 Å². The average molecular weight is 297 g/mol. The summed E-state index contributed by atoms with van der Waals surface area (Å²) in [6, 6.07) is 6.24. The molecule has 106 valence electrons. The summed E-state index contributed by atoms with van der Waals surface area (Å²) in [7, 11) is 0. The normalized spacial score (nSPS) is 17.3. The number of aromatic nitrogens is 4. The van der Waals surface area contributed by atoms with Gasteiger partial charge in [0.15, 0.2) is 5.82 Å². The van der Waals surface area contributed by atoms with E-state index in [4.69, 9.17) is 0 Å². The highest BCUT2D eigenvalue weighted by atomic mass is 32.1. The smallest absolute Gasteiger partial charge is 0.221 e. The molecule has 21 heavy (non-hydrogen) atoms. The fraction of sp³-hybridized carbons (Fsp3) is 0.267. The fourth-order valence-electron chi connectivity index (χ4n) is 2.64. The summed E-state index contributed by atoms with van der Waals surface area (Å²) < 4.78 is 1.98. The van der Waals surface area contributed by atoms with Crippen LogP contribution in [0.15, 0.2) is 36.0 Å². The molecular formula is C15H15N5S. The summed E-state index contributed by atoms with van der Waals surface area (Å²) in [6.07, 6.45) is 3.68. The van der Waals surface area contributed by atoms with Gasteiger partial charge in [0, 0.05) is 24.9 Å². The van der Waals surface area contributed by atoms with E-state index in [9.17, 15) is 0 Å². The first-order chi connectivity index (χ1) is 10.3. The predicted octanol–water partition coefficient (Wildman–Crippen LogP) is 2.92. The Morgan fingerprint density at radius 3 is 2.90 bits per heavy atom. The first-order valence-electron chi connectivity index (χ1n) is 6.94. The lowest BCUT2D eigenvalue weighted by Crippen LogP contribution is -2.26. The highest BCUT2D eigenvalue weighted by Gasteiger charge is 2.23. The molecule has 6 heteroatoms. The number of thiophene rings is 1. The van der Waals surface area contributed by atoms with Crippen molar-refractivity contribution >= 4 is 17.3 Å². The number of nitrogens with zero attached hydrogens (tertiary/aromatic N) is 4. The summed E-state index contributed by atoms with van der Waals surface area (Å²) in [5, 5.41) is 10.1. The predicted molar refractivity (Wildman–Crippen MR) is 83.5 cm³/mol. The minimum atomic E-state index is 0.402. The van der Waals surface area contributed by atoms with Gasteiger partial charge < -0.3 is 5.32 Å². The largest absolute Gasteiger partial charge is 0.354 e. The lowest BCUT2D eigenvalue weighted by molar-refractivity contribution is 0.504. The van der Waals surface area contributed by atoms with Gasteiger partial charge in [-0.25, -0.2) is 4.68 Å². The first kappa shape index (κ1) is 12.5. The van der Waals surface area contributed by atoms with Crippen molar-refractivity contribution in [2.45, 2.75) is 19.4 Å². The molecule has 1 unspecified atom stereocenters. The third-order valence-electron chi connectivity index (χ3n) is 3.81. The molecular weight excluding hydrogens is 282 g/mol. The molecule has 4 heterocycles. The van der Waals surface area contributed by atoms with Gasteiger partial charge in [0.05, 0.1) is 11.4 Å². The van der Waals surface area contributed by atoms with Crippen LogP contribution < -0.4 is 5.32 Å². The Bertz CT molecular complexity index is 761. The molecule has 0 saturated heterocycles. The molecule has 1 N–H and O–H groups in total. The molecule has 4 rings (SSSR count). The van der Waals surface area contributed by atoms with Crippen molar-refractivity contribution in [3.05, 3.63) is 47.1 Å². The standard InChI is InChI=1S/C15H15N5S/c1-10-4-7-21-13(10)14-18-15-17-8-12(9-20(15)19-14)11-2-5-16-6-3-11/h2-7,12H,8-9H2,1H3,(H,17,18,19). The van der Waals surface area contributed by atoms with E-state index in [1.165, 1.54) is 11.1 Å². The van der Waals surface area contributed by atoms with Crippen molar-refractivity contribution in [3.8, 4) is 10.7 Å². The number of pyridine rings is 1. The van der Waals surface area contributed by atoms with Crippen LogP contribution >= 0.6 is 11.3 Å². The van der Waals surface area contributed by atoms with Crippen molar-refractivity contribution < 1.29 is 0 Å². The van der Waals surface area contributed by atoms with Crippen LogP contribution in [-0.2, 0) is 6.54 Å². The van der Waals surface area contributed by atoms with Gasteiger partial charge in [-0.2, -0.15) is 4.98 Å². The van der Waals surface area contributed by atoms with Crippen LogP contribution in [0.4, 0.5) is 5.95 Å². The summed E-state index contributed by atoms with van der Waals surface area (Å²) >= 11 is 1.69. The Morgan fingerprint density at radius 1 is 1.29 bits per heavy atom. The minimum absolute atomic E-state index is 0.402. The maximum atomic E-state index is 4.67. The summed E-state index contributed by atoms with van der Waals surface area (Å²) in [5.41, 5.74) is 2.51. The van der Waals surface area contributed by atoms with Crippen LogP contribution in [0.2, 0.25) is 0 Å². The molecule has 0 bridgehead atoms. The first-order valence-corrected chi connectivity index (χ1v) is 7.82. The highest BCUT2D eigenvalue weighted by Crippen LogP contribution is 2.30. The molecule has 0 radical (unpaired) electrons. The Labute approximate surface area is 126 Å². The number of nitrogens with one attached hydrogen (secondary N) is 1. The lowest BCUT2D eigenvalue weighted by Gasteiger charge is -2.23. The second kappa shape index (κ2) is 4.96. The van der Waals surface area contributed by atoms with E-state index in [-0.39, 0.29) is 0 Å². The maximum absolute atomic E-state index is 4.67. The van der Waals surface area contributed by atoms with Crippen molar-refractivity contribution in [2.24, 2.45) is 0 Å². The van der Waals surface area contributed by atoms with Gasteiger partial charge in [0.1, 0.15) is 0 Å². The molecule has 0 spiro atoms. The third-order valence-corrected chi connectivity index (χ3v) is 4.83. The van der Waals surface area contributed by atoms with Gasteiger partial charge in [-0.3, -0.25) is 4.98 Å². The zero-order valence-corrected chi connectivity index (χ0v) is 12.5. The maximum Gasteiger partial charge on any atom is 0.221 e.